The summed E-state index contributed by atoms with van der Waals surface area (Å²) in [6.07, 6.45) is 13.0. The van der Waals surface area contributed by atoms with Crippen LogP contribution in [-0.4, -0.2) is 31.6 Å². The van der Waals surface area contributed by atoms with Crippen LogP contribution in [0.5, 0.6) is 0 Å². The van der Waals surface area contributed by atoms with Crippen molar-refractivity contribution in [3.63, 3.8) is 0 Å². The summed E-state index contributed by atoms with van der Waals surface area (Å²) < 4.78 is 18.8. The number of hydrogen-bond acceptors (Lipinski definition) is 4. The highest BCUT2D eigenvalue weighted by molar-refractivity contribution is 5.88. The van der Waals surface area contributed by atoms with E-state index >= 15 is 0 Å². The minimum Gasteiger partial charge on any atom is -0.458 e. The van der Waals surface area contributed by atoms with Gasteiger partial charge in [0.15, 0.2) is 6.29 Å². The van der Waals surface area contributed by atoms with E-state index in [9.17, 15) is 4.79 Å². The zero-order valence-electron chi connectivity index (χ0n) is 23.0. The first-order chi connectivity index (χ1) is 16.5. The number of hydrogen-bond donors (Lipinski definition) is 0. The molecular formula is C31H46O4. The van der Waals surface area contributed by atoms with Crippen molar-refractivity contribution in [3.8, 4) is 0 Å². The molecule has 4 fully saturated rings. The SMILES string of the molecule is COC1OC2CCC13C1=C(CCC3C2(C)C)C2(C)CCC(C(C)C3CC=C(C)C(=O)O3)C2(C)CC1. The van der Waals surface area contributed by atoms with E-state index in [1.165, 1.54) is 44.9 Å². The van der Waals surface area contributed by atoms with Gasteiger partial charge in [-0.3, -0.25) is 0 Å². The standard InChI is InChI=1S/C31H46O4/c1-18-8-10-23(34-26(18)32)19(2)20-12-15-30(6)21-9-11-24-28(3,4)25-14-17-31(24,27(33-7)35-25)22(21)13-16-29(20,30)5/h8,19-20,23-25,27H,9-17H2,1-7H3. The van der Waals surface area contributed by atoms with Gasteiger partial charge in [0.2, 0.25) is 0 Å². The highest BCUT2D eigenvalue weighted by Crippen LogP contribution is 2.74. The van der Waals surface area contributed by atoms with Crippen LogP contribution in [0.2, 0.25) is 0 Å². The Morgan fingerprint density at radius 2 is 1.80 bits per heavy atom. The van der Waals surface area contributed by atoms with Crippen molar-refractivity contribution in [2.45, 2.75) is 118 Å². The molecule has 7 rings (SSSR count). The summed E-state index contributed by atoms with van der Waals surface area (Å²) in [4.78, 5) is 12.3. The summed E-state index contributed by atoms with van der Waals surface area (Å²) >= 11 is 0. The number of methoxy groups -OCH3 is 1. The largest absolute Gasteiger partial charge is 0.458 e. The Kier molecular flexibility index (Phi) is 5.32. The van der Waals surface area contributed by atoms with E-state index in [0.29, 0.717) is 23.9 Å². The monoisotopic (exact) mass is 482 g/mol. The quantitative estimate of drug-likeness (QED) is 0.321. The Balaban J connectivity index is 1.38. The fourth-order valence-corrected chi connectivity index (χ4v) is 10.6. The molecular weight excluding hydrogens is 436 g/mol. The van der Waals surface area contributed by atoms with E-state index in [2.05, 4.69) is 40.7 Å². The summed E-state index contributed by atoms with van der Waals surface area (Å²) in [5.41, 5.74) is 4.95. The first-order valence-electron chi connectivity index (χ1n) is 14.3. The molecule has 0 aromatic heterocycles. The summed E-state index contributed by atoms with van der Waals surface area (Å²) in [5.74, 6) is 1.48. The lowest BCUT2D eigenvalue weighted by molar-refractivity contribution is -0.330. The second-order valence-electron chi connectivity index (χ2n) is 14.0. The van der Waals surface area contributed by atoms with Crippen molar-refractivity contribution in [1.29, 1.82) is 0 Å². The van der Waals surface area contributed by atoms with Crippen LogP contribution >= 0.6 is 0 Å². The molecule has 2 saturated heterocycles. The smallest absolute Gasteiger partial charge is 0.333 e. The molecule has 194 valence electrons. The highest BCUT2D eigenvalue weighted by atomic mass is 16.7. The van der Waals surface area contributed by atoms with Gasteiger partial charge in [0.05, 0.1) is 6.10 Å². The van der Waals surface area contributed by atoms with Gasteiger partial charge >= 0.3 is 5.97 Å². The molecule has 3 heterocycles. The number of carbonyl (C=O) groups is 1. The molecule has 0 amide bonds. The highest BCUT2D eigenvalue weighted by Gasteiger charge is 2.69. The Bertz CT molecular complexity index is 992. The van der Waals surface area contributed by atoms with E-state index in [1.807, 2.05) is 14.0 Å². The maximum atomic E-state index is 12.3. The van der Waals surface area contributed by atoms with Gasteiger partial charge in [-0.15, -0.1) is 0 Å². The van der Waals surface area contributed by atoms with Gasteiger partial charge in [-0.1, -0.05) is 51.8 Å². The zero-order valence-corrected chi connectivity index (χ0v) is 23.0. The van der Waals surface area contributed by atoms with Crippen molar-refractivity contribution in [2.24, 2.45) is 39.4 Å². The third-order valence-corrected chi connectivity index (χ3v) is 12.8. The maximum Gasteiger partial charge on any atom is 0.333 e. The molecule has 9 atom stereocenters. The predicted molar refractivity (Wildman–Crippen MR) is 136 cm³/mol. The molecule has 9 unspecified atom stereocenters. The molecule has 2 bridgehead atoms. The van der Waals surface area contributed by atoms with Gasteiger partial charge in [0.1, 0.15) is 6.10 Å². The average Bonchev–Trinajstić information content (AvgIpc) is 3.11. The molecule has 0 N–H and O–H groups in total. The van der Waals surface area contributed by atoms with Crippen molar-refractivity contribution in [2.75, 3.05) is 7.11 Å². The zero-order chi connectivity index (χ0) is 25.0. The summed E-state index contributed by atoms with van der Waals surface area (Å²) in [6.45, 7) is 14.3. The summed E-state index contributed by atoms with van der Waals surface area (Å²) in [5, 5.41) is 0. The van der Waals surface area contributed by atoms with Crippen LogP contribution in [0.4, 0.5) is 0 Å². The lowest BCUT2D eigenvalue weighted by atomic mass is 9.41. The lowest BCUT2D eigenvalue weighted by Gasteiger charge is -2.68. The minimum atomic E-state index is -0.119. The van der Waals surface area contributed by atoms with Crippen LogP contribution in [-0.2, 0) is 19.0 Å². The fourth-order valence-electron chi connectivity index (χ4n) is 10.6. The van der Waals surface area contributed by atoms with Gasteiger partial charge in [0, 0.05) is 24.5 Å². The molecule has 7 aliphatic rings. The first-order valence-corrected chi connectivity index (χ1v) is 14.3. The Morgan fingerprint density at radius 1 is 1.03 bits per heavy atom. The third kappa shape index (κ3) is 2.90. The van der Waals surface area contributed by atoms with Gasteiger partial charge < -0.3 is 14.2 Å². The second kappa shape index (κ2) is 7.69. The molecule has 35 heavy (non-hydrogen) atoms. The molecule has 4 nitrogen and oxygen atoms in total. The van der Waals surface area contributed by atoms with Crippen molar-refractivity contribution in [1.82, 2.24) is 0 Å². The molecule has 0 aromatic rings. The topological polar surface area (TPSA) is 44.8 Å². The first kappa shape index (κ1) is 24.2. The Hall–Kier alpha value is -1.13. The summed E-state index contributed by atoms with van der Waals surface area (Å²) in [7, 11) is 1.86. The molecule has 4 heteroatoms. The van der Waals surface area contributed by atoms with Crippen molar-refractivity contribution >= 4 is 5.97 Å². The Labute approximate surface area is 212 Å². The number of carbonyl (C=O) groups excluding carboxylic acids is 1. The second-order valence-corrected chi connectivity index (χ2v) is 14.0. The number of esters is 1. The van der Waals surface area contributed by atoms with Crippen LogP contribution in [0.3, 0.4) is 0 Å². The normalized spacial score (nSPS) is 49.1. The van der Waals surface area contributed by atoms with E-state index in [0.717, 1.165) is 18.4 Å². The van der Waals surface area contributed by atoms with Crippen LogP contribution in [0, 0.1) is 39.4 Å². The van der Waals surface area contributed by atoms with Gasteiger partial charge in [-0.25, -0.2) is 4.79 Å². The Morgan fingerprint density at radius 3 is 2.51 bits per heavy atom. The van der Waals surface area contributed by atoms with E-state index in [1.54, 1.807) is 11.1 Å². The molecule has 3 aliphatic heterocycles. The predicted octanol–water partition coefficient (Wildman–Crippen LogP) is 6.99. The summed E-state index contributed by atoms with van der Waals surface area (Å²) in [6, 6.07) is 0. The van der Waals surface area contributed by atoms with Gasteiger partial charge in [0.25, 0.3) is 0 Å². The van der Waals surface area contributed by atoms with E-state index < -0.39 is 0 Å². The third-order valence-electron chi connectivity index (χ3n) is 12.8. The molecule has 0 radical (unpaired) electrons. The number of cyclic esters (lactones) is 1. The number of rotatable bonds is 3. The minimum absolute atomic E-state index is 0.0146. The lowest BCUT2D eigenvalue weighted by Crippen LogP contribution is -2.66. The molecule has 2 saturated carbocycles. The average molecular weight is 483 g/mol. The van der Waals surface area contributed by atoms with Gasteiger partial charge in [-0.2, -0.15) is 0 Å². The van der Waals surface area contributed by atoms with E-state index in [-0.39, 0.29) is 40.0 Å². The fraction of sp³-hybridized carbons (Fsp3) is 0.839. The number of allylic oxidation sites excluding steroid dienone is 1. The number of fused-ring (bicyclic) bond motifs is 4. The van der Waals surface area contributed by atoms with Gasteiger partial charge in [-0.05, 0) is 92.3 Å². The number of ether oxygens (including phenoxy) is 3. The van der Waals surface area contributed by atoms with Crippen LogP contribution < -0.4 is 0 Å². The van der Waals surface area contributed by atoms with Crippen LogP contribution in [0.1, 0.15) is 99.3 Å². The molecule has 0 aromatic carbocycles. The van der Waals surface area contributed by atoms with Crippen LogP contribution in [0.25, 0.3) is 0 Å². The van der Waals surface area contributed by atoms with E-state index in [4.69, 9.17) is 14.2 Å². The molecule has 1 spiro atoms. The van der Waals surface area contributed by atoms with Crippen molar-refractivity contribution < 1.29 is 19.0 Å². The molecule has 4 aliphatic carbocycles. The van der Waals surface area contributed by atoms with Crippen molar-refractivity contribution in [3.05, 3.63) is 22.8 Å². The maximum absolute atomic E-state index is 12.3. The van der Waals surface area contributed by atoms with Crippen LogP contribution in [0.15, 0.2) is 22.8 Å².